The Labute approximate surface area is 129 Å². The molecule has 6 heteroatoms. The van der Waals surface area contributed by atoms with Gasteiger partial charge >= 0.3 is 0 Å². The van der Waals surface area contributed by atoms with E-state index < -0.39 is 0 Å². The van der Waals surface area contributed by atoms with Gasteiger partial charge in [0.05, 0.1) is 25.6 Å². The maximum absolute atomic E-state index is 5.45. The third-order valence-electron chi connectivity index (χ3n) is 3.69. The van der Waals surface area contributed by atoms with E-state index in [0.717, 1.165) is 48.6 Å². The summed E-state index contributed by atoms with van der Waals surface area (Å²) in [5, 5.41) is 6.59. The van der Waals surface area contributed by atoms with Gasteiger partial charge in [0.25, 0.3) is 0 Å². The van der Waals surface area contributed by atoms with Gasteiger partial charge in [-0.05, 0) is 25.1 Å². The van der Waals surface area contributed by atoms with Crippen molar-refractivity contribution in [1.29, 1.82) is 0 Å². The molecule has 0 bridgehead atoms. The van der Waals surface area contributed by atoms with Crippen molar-refractivity contribution in [2.75, 3.05) is 32.6 Å². The Balaban J connectivity index is 1.96. The molecular formula is C16H20N4O2. The monoisotopic (exact) mass is 300 g/mol. The van der Waals surface area contributed by atoms with E-state index in [1.54, 1.807) is 14.2 Å². The van der Waals surface area contributed by atoms with Gasteiger partial charge in [0.2, 0.25) is 11.8 Å². The fourth-order valence-electron chi connectivity index (χ4n) is 2.60. The number of rotatable bonds is 4. The van der Waals surface area contributed by atoms with Gasteiger partial charge in [0.1, 0.15) is 5.75 Å². The lowest BCUT2D eigenvalue weighted by atomic mass is 10.1. The summed E-state index contributed by atoms with van der Waals surface area (Å²) in [7, 11) is 3.29. The average Bonchev–Trinajstić information content (AvgIpc) is 2.80. The van der Waals surface area contributed by atoms with E-state index in [1.807, 2.05) is 24.3 Å². The highest BCUT2D eigenvalue weighted by atomic mass is 16.5. The molecule has 1 aliphatic heterocycles. The number of hydrogen-bond donors (Lipinski definition) is 2. The van der Waals surface area contributed by atoms with Crippen molar-refractivity contribution in [3.8, 4) is 11.6 Å². The second kappa shape index (κ2) is 6.62. The van der Waals surface area contributed by atoms with Crippen LogP contribution in [0.4, 0.5) is 11.6 Å². The molecule has 2 N–H and O–H groups in total. The van der Waals surface area contributed by atoms with Crippen LogP contribution in [0.3, 0.4) is 0 Å². The molecule has 0 radical (unpaired) electrons. The largest absolute Gasteiger partial charge is 0.495 e. The highest BCUT2D eigenvalue weighted by molar-refractivity contribution is 5.62. The van der Waals surface area contributed by atoms with Crippen molar-refractivity contribution < 1.29 is 9.47 Å². The summed E-state index contributed by atoms with van der Waals surface area (Å²) in [5.41, 5.74) is 2.96. The lowest BCUT2D eigenvalue weighted by molar-refractivity contribution is 0.391. The van der Waals surface area contributed by atoms with Crippen molar-refractivity contribution in [3.63, 3.8) is 0 Å². The first-order valence-corrected chi connectivity index (χ1v) is 7.36. The summed E-state index contributed by atoms with van der Waals surface area (Å²) in [5.74, 6) is 1.93. The summed E-state index contributed by atoms with van der Waals surface area (Å²) < 4.78 is 10.8. The van der Waals surface area contributed by atoms with Crippen LogP contribution in [0.5, 0.6) is 11.6 Å². The minimum Gasteiger partial charge on any atom is -0.495 e. The van der Waals surface area contributed by atoms with Gasteiger partial charge in [0, 0.05) is 18.5 Å². The number of hydrogen-bond acceptors (Lipinski definition) is 6. The molecule has 0 fully saturated rings. The topological polar surface area (TPSA) is 68.3 Å². The molecule has 1 aliphatic rings. The maximum atomic E-state index is 5.45. The van der Waals surface area contributed by atoms with Crippen LogP contribution in [0.1, 0.15) is 11.3 Å². The van der Waals surface area contributed by atoms with Crippen molar-refractivity contribution in [1.82, 2.24) is 15.3 Å². The zero-order chi connectivity index (χ0) is 15.4. The molecule has 0 aliphatic carbocycles. The lowest BCUT2D eigenvalue weighted by Gasteiger charge is -2.14. The smallest absolute Gasteiger partial charge is 0.230 e. The van der Waals surface area contributed by atoms with Crippen molar-refractivity contribution in [2.24, 2.45) is 0 Å². The molecular weight excluding hydrogens is 280 g/mol. The Hall–Kier alpha value is -2.34. The van der Waals surface area contributed by atoms with Gasteiger partial charge in [0.15, 0.2) is 0 Å². The third-order valence-corrected chi connectivity index (χ3v) is 3.69. The first-order valence-electron chi connectivity index (χ1n) is 7.36. The van der Waals surface area contributed by atoms with Gasteiger partial charge in [-0.2, -0.15) is 4.98 Å². The molecule has 116 valence electrons. The van der Waals surface area contributed by atoms with Gasteiger partial charge in [-0.25, -0.2) is 4.98 Å². The maximum Gasteiger partial charge on any atom is 0.230 e. The molecule has 2 heterocycles. The molecule has 6 nitrogen and oxygen atoms in total. The fourth-order valence-corrected chi connectivity index (χ4v) is 2.60. The first-order chi connectivity index (χ1) is 10.8. The number of nitrogens with zero attached hydrogens (tertiary/aromatic N) is 2. The van der Waals surface area contributed by atoms with Crippen LogP contribution in [-0.4, -0.2) is 37.3 Å². The SMILES string of the molecule is COc1ccccc1Nc1nc2c(c(OC)n1)CCNCC2. The summed E-state index contributed by atoms with van der Waals surface area (Å²) in [4.78, 5) is 9.14. The number of fused-ring (bicyclic) bond motifs is 1. The van der Waals surface area contributed by atoms with E-state index in [0.29, 0.717) is 11.8 Å². The number of ether oxygens (including phenoxy) is 2. The molecule has 0 saturated carbocycles. The van der Waals surface area contributed by atoms with Crippen molar-refractivity contribution in [3.05, 3.63) is 35.5 Å². The standard InChI is InChI=1S/C16H20N4O2/c1-21-14-6-4-3-5-13(14)19-16-18-12-8-10-17-9-7-11(12)15(20-16)22-2/h3-6,17H,7-10H2,1-2H3,(H,18,19,20). The molecule has 0 atom stereocenters. The molecule has 2 aromatic rings. The molecule has 0 unspecified atom stereocenters. The van der Waals surface area contributed by atoms with Crippen LogP contribution in [0, 0.1) is 0 Å². The highest BCUT2D eigenvalue weighted by Crippen LogP contribution is 2.28. The van der Waals surface area contributed by atoms with E-state index >= 15 is 0 Å². The van der Waals surface area contributed by atoms with Gasteiger partial charge < -0.3 is 20.1 Å². The van der Waals surface area contributed by atoms with Gasteiger partial charge in [-0.3, -0.25) is 0 Å². The van der Waals surface area contributed by atoms with Crippen LogP contribution >= 0.6 is 0 Å². The summed E-state index contributed by atoms with van der Waals surface area (Å²) >= 11 is 0. The third kappa shape index (κ3) is 2.96. The van der Waals surface area contributed by atoms with Crippen LogP contribution in [0.15, 0.2) is 24.3 Å². The Morgan fingerprint density at radius 1 is 1.05 bits per heavy atom. The molecule has 0 spiro atoms. The van der Waals surface area contributed by atoms with E-state index in [2.05, 4.69) is 20.6 Å². The first kappa shape index (κ1) is 14.6. The number of para-hydroxylation sites is 2. The molecule has 0 amide bonds. The summed E-state index contributed by atoms with van der Waals surface area (Å²) in [6.45, 7) is 1.84. The highest BCUT2D eigenvalue weighted by Gasteiger charge is 2.17. The van der Waals surface area contributed by atoms with Crippen LogP contribution in [-0.2, 0) is 12.8 Å². The van der Waals surface area contributed by atoms with Crippen molar-refractivity contribution >= 4 is 11.6 Å². The Kier molecular flexibility index (Phi) is 4.39. The van der Waals surface area contributed by atoms with Crippen LogP contribution in [0.25, 0.3) is 0 Å². The number of benzene rings is 1. The zero-order valence-corrected chi connectivity index (χ0v) is 12.8. The predicted molar refractivity (Wildman–Crippen MR) is 85.1 cm³/mol. The lowest BCUT2D eigenvalue weighted by Crippen LogP contribution is -2.16. The van der Waals surface area contributed by atoms with Crippen LogP contribution in [0.2, 0.25) is 0 Å². The average molecular weight is 300 g/mol. The summed E-state index contributed by atoms with van der Waals surface area (Å²) in [6.07, 6.45) is 1.75. The second-order valence-electron chi connectivity index (χ2n) is 5.06. The molecule has 22 heavy (non-hydrogen) atoms. The number of anilines is 2. The Morgan fingerprint density at radius 3 is 2.68 bits per heavy atom. The molecule has 1 aromatic carbocycles. The number of nitrogens with one attached hydrogen (secondary N) is 2. The molecule has 0 saturated heterocycles. The molecule has 3 rings (SSSR count). The van der Waals surface area contributed by atoms with Crippen molar-refractivity contribution in [2.45, 2.75) is 12.8 Å². The van der Waals surface area contributed by atoms with E-state index in [1.165, 1.54) is 0 Å². The zero-order valence-electron chi connectivity index (χ0n) is 12.8. The van der Waals surface area contributed by atoms with E-state index in [9.17, 15) is 0 Å². The predicted octanol–water partition coefficient (Wildman–Crippen LogP) is 1.93. The quantitative estimate of drug-likeness (QED) is 0.899. The molecule has 1 aromatic heterocycles. The van der Waals surface area contributed by atoms with E-state index in [4.69, 9.17) is 9.47 Å². The van der Waals surface area contributed by atoms with Gasteiger partial charge in [-0.15, -0.1) is 0 Å². The second-order valence-corrected chi connectivity index (χ2v) is 5.06. The minimum absolute atomic E-state index is 0.530. The summed E-state index contributed by atoms with van der Waals surface area (Å²) in [6, 6.07) is 7.69. The van der Waals surface area contributed by atoms with E-state index in [-0.39, 0.29) is 0 Å². The fraction of sp³-hybridized carbons (Fsp3) is 0.375. The number of methoxy groups -OCH3 is 2. The Bertz CT molecular complexity index is 661. The van der Waals surface area contributed by atoms with Gasteiger partial charge in [-0.1, -0.05) is 12.1 Å². The van der Waals surface area contributed by atoms with Crippen LogP contribution < -0.4 is 20.1 Å². The minimum atomic E-state index is 0.530. The number of aromatic nitrogens is 2. The Morgan fingerprint density at radius 2 is 1.86 bits per heavy atom. The normalized spacial score (nSPS) is 13.9.